The fourth-order valence-corrected chi connectivity index (χ4v) is 2.18. The van der Waals surface area contributed by atoms with Gasteiger partial charge in [0.1, 0.15) is 0 Å². The van der Waals surface area contributed by atoms with Gasteiger partial charge in [0.15, 0.2) is 0 Å². The lowest BCUT2D eigenvalue weighted by atomic mass is 10.3. The van der Waals surface area contributed by atoms with Gasteiger partial charge in [-0.3, -0.25) is 0 Å². The van der Waals surface area contributed by atoms with Gasteiger partial charge >= 0.3 is 0 Å². The Balaban J connectivity index is 1.89. The highest BCUT2D eigenvalue weighted by molar-refractivity contribution is 7.99. The molecule has 0 aromatic heterocycles. The van der Waals surface area contributed by atoms with Crippen molar-refractivity contribution in [1.82, 2.24) is 5.32 Å². The first-order valence-corrected chi connectivity index (χ1v) is 6.41. The second kappa shape index (κ2) is 5.36. The van der Waals surface area contributed by atoms with E-state index in [4.69, 9.17) is 11.6 Å². The first kappa shape index (κ1) is 10.7. The van der Waals surface area contributed by atoms with E-state index in [0.717, 1.165) is 12.4 Å². The standard InChI is InChI=1S/C9H18ClNS/c1-2-12-7-3-6-11-9(8-10)4-5-9/h11H,2-8H2,1H3. The van der Waals surface area contributed by atoms with E-state index in [1.807, 2.05) is 11.8 Å². The highest BCUT2D eigenvalue weighted by Gasteiger charge is 2.40. The summed E-state index contributed by atoms with van der Waals surface area (Å²) in [4.78, 5) is 0. The van der Waals surface area contributed by atoms with Crippen LogP contribution in [0, 0.1) is 0 Å². The molecule has 12 heavy (non-hydrogen) atoms. The van der Waals surface area contributed by atoms with Gasteiger partial charge in [0, 0.05) is 11.4 Å². The first-order valence-electron chi connectivity index (χ1n) is 4.72. The van der Waals surface area contributed by atoms with E-state index in [1.54, 1.807) is 0 Å². The number of halogens is 1. The maximum atomic E-state index is 5.83. The molecule has 1 nitrogen and oxygen atoms in total. The van der Waals surface area contributed by atoms with Crippen molar-refractivity contribution in [2.45, 2.75) is 31.7 Å². The van der Waals surface area contributed by atoms with Crippen LogP contribution in [0.3, 0.4) is 0 Å². The predicted molar refractivity (Wildman–Crippen MR) is 58.3 cm³/mol. The normalized spacial score (nSPS) is 19.5. The summed E-state index contributed by atoms with van der Waals surface area (Å²) in [6, 6.07) is 0. The number of rotatable bonds is 7. The van der Waals surface area contributed by atoms with Crippen molar-refractivity contribution >= 4 is 23.4 Å². The fourth-order valence-electron chi connectivity index (χ4n) is 1.18. The molecule has 3 heteroatoms. The molecular formula is C9H18ClNS. The van der Waals surface area contributed by atoms with Crippen molar-refractivity contribution in [3.05, 3.63) is 0 Å². The Labute approximate surface area is 84.6 Å². The predicted octanol–water partition coefficient (Wildman–Crippen LogP) is 2.49. The van der Waals surface area contributed by atoms with Gasteiger partial charge in [0.25, 0.3) is 0 Å². The van der Waals surface area contributed by atoms with Gasteiger partial charge in [-0.25, -0.2) is 0 Å². The maximum Gasteiger partial charge on any atom is 0.0406 e. The highest BCUT2D eigenvalue weighted by Crippen LogP contribution is 2.36. The zero-order valence-electron chi connectivity index (χ0n) is 7.74. The van der Waals surface area contributed by atoms with E-state index in [1.165, 1.54) is 30.8 Å². The lowest BCUT2D eigenvalue weighted by Gasteiger charge is -2.12. The van der Waals surface area contributed by atoms with Crippen molar-refractivity contribution in [3.8, 4) is 0 Å². The molecule has 0 atom stereocenters. The van der Waals surface area contributed by atoms with Crippen molar-refractivity contribution in [1.29, 1.82) is 0 Å². The van der Waals surface area contributed by atoms with Crippen LogP contribution in [0.15, 0.2) is 0 Å². The van der Waals surface area contributed by atoms with Crippen LogP contribution in [0.2, 0.25) is 0 Å². The zero-order chi connectivity index (χ0) is 8.86. The number of nitrogens with one attached hydrogen (secondary N) is 1. The molecule has 1 saturated carbocycles. The summed E-state index contributed by atoms with van der Waals surface area (Å²) in [7, 11) is 0. The number of alkyl halides is 1. The van der Waals surface area contributed by atoms with Gasteiger partial charge in [-0.1, -0.05) is 6.92 Å². The van der Waals surface area contributed by atoms with Crippen LogP contribution in [0.4, 0.5) is 0 Å². The Morgan fingerprint density at radius 1 is 1.50 bits per heavy atom. The molecule has 0 unspecified atom stereocenters. The SMILES string of the molecule is CCSCCCNC1(CCl)CC1. The monoisotopic (exact) mass is 207 g/mol. The Kier molecular flexibility index (Phi) is 4.77. The molecule has 1 rings (SSSR count). The third-order valence-corrected chi connectivity index (χ3v) is 3.78. The summed E-state index contributed by atoms with van der Waals surface area (Å²) in [5.41, 5.74) is 0.346. The van der Waals surface area contributed by atoms with Crippen LogP contribution >= 0.6 is 23.4 Å². The molecule has 0 radical (unpaired) electrons. The largest absolute Gasteiger partial charge is 0.310 e. The van der Waals surface area contributed by atoms with Gasteiger partial charge in [-0.2, -0.15) is 11.8 Å². The molecule has 0 aliphatic heterocycles. The molecular weight excluding hydrogens is 190 g/mol. The van der Waals surface area contributed by atoms with Crippen molar-refractivity contribution in [2.75, 3.05) is 23.9 Å². The summed E-state index contributed by atoms with van der Waals surface area (Å²) in [6.07, 6.45) is 3.83. The fraction of sp³-hybridized carbons (Fsp3) is 1.00. The van der Waals surface area contributed by atoms with E-state index in [2.05, 4.69) is 12.2 Å². The molecule has 0 saturated heterocycles. The van der Waals surface area contributed by atoms with Gasteiger partial charge in [-0.15, -0.1) is 11.6 Å². The van der Waals surface area contributed by atoms with Gasteiger partial charge in [0.2, 0.25) is 0 Å². The lowest BCUT2D eigenvalue weighted by Crippen LogP contribution is -2.33. The molecule has 0 aromatic carbocycles. The molecule has 0 aromatic rings. The van der Waals surface area contributed by atoms with E-state index >= 15 is 0 Å². The summed E-state index contributed by atoms with van der Waals surface area (Å²) in [5, 5.41) is 3.53. The van der Waals surface area contributed by atoms with Gasteiger partial charge in [0.05, 0.1) is 0 Å². The highest BCUT2D eigenvalue weighted by atomic mass is 35.5. The van der Waals surface area contributed by atoms with E-state index in [0.29, 0.717) is 5.54 Å². The van der Waals surface area contributed by atoms with Crippen LogP contribution in [0.25, 0.3) is 0 Å². The molecule has 0 spiro atoms. The van der Waals surface area contributed by atoms with Crippen LogP contribution in [-0.2, 0) is 0 Å². The molecule has 1 aliphatic carbocycles. The molecule has 0 bridgehead atoms. The minimum atomic E-state index is 0.346. The maximum absolute atomic E-state index is 5.83. The van der Waals surface area contributed by atoms with Crippen molar-refractivity contribution in [3.63, 3.8) is 0 Å². The van der Waals surface area contributed by atoms with E-state index in [-0.39, 0.29) is 0 Å². The third-order valence-electron chi connectivity index (χ3n) is 2.28. The van der Waals surface area contributed by atoms with Crippen LogP contribution in [0.5, 0.6) is 0 Å². The van der Waals surface area contributed by atoms with Crippen LogP contribution in [0.1, 0.15) is 26.2 Å². The van der Waals surface area contributed by atoms with E-state index in [9.17, 15) is 0 Å². The molecule has 1 N–H and O–H groups in total. The smallest absolute Gasteiger partial charge is 0.0406 e. The summed E-state index contributed by atoms with van der Waals surface area (Å²) < 4.78 is 0. The van der Waals surface area contributed by atoms with Crippen LogP contribution < -0.4 is 5.32 Å². The average Bonchev–Trinajstić information content (AvgIpc) is 2.85. The summed E-state index contributed by atoms with van der Waals surface area (Å²) in [6.45, 7) is 3.35. The minimum Gasteiger partial charge on any atom is -0.310 e. The second-order valence-electron chi connectivity index (χ2n) is 3.39. The Morgan fingerprint density at radius 2 is 2.25 bits per heavy atom. The number of hydrogen-bond acceptors (Lipinski definition) is 2. The quantitative estimate of drug-likeness (QED) is 0.509. The minimum absolute atomic E-state index is 0.346. The second-order valence-corrected chi connectivity index (χ2v) is 5.05. The Bertz CT molecular complexity index is 126. The molecule has 0 amide bonds. The first-order chi connectivity index (χ1) is 5.83. The van der Waals surface area contributed by atoms with Gasteiger partial charge in [-0.05, 0) is 37.3 Å². The van der Waals surface area contributed by atoms with Gasteiger partial charge < -0.3 is 5.32 Å². The lowest BCUT2D eigenvalue weighted by molar-refractivity contribution is 0.542. The summed E-state index contributed by atoms with van der Waals surface area (Å²) >= 11 is 7.84. The molecule has 72 valence electrons. The molecule has 1 aliphatic rings. The Hall–Kier alpha value is 0.600. The van der Waals surface area contributed by atoms with E-state index < -0.39 is 0 Å². The average molecular weight is 208 g/mol. The van der Waals surface area contributed by atoms with Crippen LogP contribution in [-0.4, -0.2) is 29.5 Å². The Morgan fingerprint density at radius 3 is 2.75 bits per heavy atom. The van der Waals surface area contributed by atoms with Crippen molar-refractivity contribution in [2.24, 2.45) is 0 Å². The third kappa shape index (κ3) is 3.55. The summed E-state index contributed by atoms with van der Waals surface area (Å²) in [5.74, 6) is 3.30. The molecule has 1 fully saturated rings. The van der Waals surface area contributed by atoms with Crippen molar-refractivity contribution < 1.29 is 0 Å². The molecule has 0 heterocycles. The topological polar surface area (TPSA) is 12.0 Å². The number of hydrogen-bond donors (Lipinski definition) is 1. The number of thioether (sulfide) groups is 1. The zero-order valence-corrected chi connectivity index (χ0v) is 9.31.